The van der Waals surface area contributed by atoms with Gasteiger partial charge in [-0.05, 0) is 54.0 Å². The van der Waals surface area contributed by atoms with Gasteiger partial charge >= 0.3 is 12.1 Å². The van der Waals surface area contributed by atoms with Crippen LogP contribution < -0.4 is 0 Å². The first-order chi connectivity index (χ1) is 11.9. The van der Waals surface area contributed by atoms with Crippen molar-refractivity contribution in [3.05, 3.63) is 59.0 Å². The predicted octanol–water partition coefficient (Wildman–Crippen LogP) is 4.96. The predicted molar refractivity (Wildman–Crippen MR) is 88.4 cm³/mol. The highest BCUT2D eigenvalue weighted by atomic mass is 32.1. The van der Waals surface area contributed by atoms with Crippen molar-refractivity contribution in [1.82, 2.24) is 8.94 Å². The fraction of sp³-hybridized carbons (Fsp3) is 0.0588. The summed E-state index contributed by atoms with van der Waals surface area (Å²) in [5.41, 5.74) is 1.22. The Morgan fingerprint density at radius 3 is 2.44 bits per heavy atom. The zero-order valence-corrected chi connectivity index (χ0v) is 13.2. The third-order valence-corrected chi connectivity index (χ3v) is 4.61. The van der Waals surface area contributed by atoms with Crippen molar-refractivity contribution in [3.8, 4) is 5.69 Å². The molecule has 0 atom stereocenters. The fourth-order valence-electron chi connectivity index (χ4n) is 2.83. The maximum atomic E-state index is 12.8. The molecule has 25 heavy (non-hydrogen) atoms. The van der Waals surface area contributed by atoms with Crippen molar-refractivity contribution in [2.45, 2.75) is 6.18 Å². The van der Waals surface area contributed by atoms with Gasteiger partial charge in [0.05, 0.1) is 16.6 Å². The Balaban J connectivity index is 1.97. The maximum absolute atomic E-state index is 12.8. The highest BCUT2D eigenvalue weighted by Gasteiger charge is 2.30. The van der Waals surface area contributed by atoms with E-state index in [2.05, 4.69) is 4.37 Å². The van der Waals surface area contributed by atoms with Crippen LogP contribution in [0.15, 0.2) is 47.8 Å². The van der Waals surface area contributed by atoms with Crippen molar-refractivity contribution >= 4 is 39.4 Å². The smallest absolute Gasteiger partial charge is 0.416 e. The van der Waals surface area contributed by atoms with Crippen LogP contribution in [0, 0.1) is 0 Å². The molecule has 0 aliphatic carbocycles. The van der Waals surface area contributed by atoms with Crippen molar-refractivity contribution in [2.24, 2.45) is 0 Å². The Bertz CT molecular complexity index is 1110. The first-order valence-corrected chi connectivity index (χ1v) is 7.99. The van der Waals surface area contributed by atoms with Gasteiger partial charge in [0.1, 0.15) is 0 Å². The number of aromatic carboxylic acids is 1. The number of carbonyl (C=O) groups is 1. The average molecular weight is 362 g/mol. The molecule has 0 aliphatic heterocycles. The van der Waals surface area contributed by atoms with Gasteiger partial charge in [0.2, 0.25) is 0 Å². The van der Waals surface area contributed by atoms with Gasteiger partial charge in [0.25, 0.3) is 0 Å². The second-order valence-electron chi connectivity index (χ2n) is 5.47. The first kappa shape index (κ1) is 15.6. The largest absolute Gasteiger partial charge is 0.478 e. The second kappa shape index (κ2) is 5.32. The summed E-state index contributed by atoms with van der Waals surface area (Å²) in [4.78, 5) is 11.2. The van der Waals surface area contributed by atoms with E-state index in [9.17, 15) is 23.1 Å². The summed E-state index contributed by atoms with van der Waals surface area (Å²) in [6, 6.07) is 9.46. The second-order valence-corrected chi connectivity index (χ2v) is 6.10. The number of hydrogen-bond donors (Lipinski definition) is 1. The lowest BCUT2D eigenvalue weighted by atomic mass is 10.1. The minimum absolute atomic E-state index is 0.144. The summed E-state index contributed by atoms with van der Waals surface area (Å²) in [6.07, 6.45) is -4.40. The van der Waals surface area contributed by atoms with Gasteiger partial charge in [-0.25, -0.2) is 4.79 Å². The quantitative estimate of drug-likeness (QED) is 0.548. The summed E-state index contributed by atoms with van der Waals surface area (Å²) in [5.74, 6) is -1.04. The fourth-order valence-corrected chi connectivity index (χ4v) is 3.50. The molecule has 0 saturated heterocycles. The van der Waals surface area contributed by atoms with Crippen LogP contribution in [0.3, 0.4) is 0 Å². The van der Waals surface area contributed by atoms with Crippen LogP contribution in [-0.4, -0.2) is 20.0 Å². The van der Waals surface area contributed by atoms with Gasteiger partial charge in [-0.2, -0.15) is 17.5 Å². The molecule has 8 heteroatoms. The maximum Gasteiger partial charge on any atom is 0.416 e. The Kier molecular flexibility index (Phi) is 3.33. The molecule has 0 bridgehead atoms. The highest BCUT2D eigenvalue weighted by molar-refractivity contribution is 7.05. The SMILES string of the molecule is O=C(O)c1ccc2c(c1)c1csnc1n2-c1ccc(C(F)(F)F)cc1. The number of benzene rings is 2. The van der Waals surface area contributed by atoms with Gasteiger partial charge in [0.15, 0.2) is 5.65 Å². The van der Waals surface area contributed by atoms with Gasteiger partial charge in [-0.15, -0.1) is 0 Å². The highest BCUT2D eigenvalue weighted by Crippen LogP contribution is 2.34. The molecular formula is C17H9F3N2O2S. The van der Waals surface area contributed by atoms with Crippen LogP contribution >= 0.6 is 11.5 Å². The van der Waals surface area contributed by atoms with E-state index in [1.54, 1.807) is 22.1 Å². The summed E-state index contributed by atoms with van der Waals surface area (Å²) in [5, 5.41) is 12.4. The Hall–Kier alpha value is -2.87. The molecule has 4 aromatic rings. The molecule has 2 aromatic carbocycles. The van der Waals surface area contributed by atoms with E-state index in [-0.39, 0.29) is 5.56 Å². The van der Waals surface area contributed by atoms with Crippen LogP contribution in [0.25, 0.3) is 27.6 Å². The summed E-state index contributed by atoms with van der Waals surface area (Å²) in [7, 11) is 0. The van der Waals surface area contributed by atoms with Crippen molar-refractivity contribution < 1.29 is 23.1 Å². The Morgan fingerprint density at radius 2 is 1.80 bits per heavy atom. The average Bonchev–Trinajstić information content (AvgIpc) is 3.14. The van der Waals surface area contributed by atoms with E-state index in [0.29, 0.717) is 22.2 Å². The summed E-state index contributed by atoms with van der Waals surface area (Å²) >= 11 is 1.21. The number of carboxylic acid groups (broad SMARTS) is 1. The number of hydrogen-bond acceptors (Lipinski definition) is 3. The van der Waals surface area contributed by atoms with Crippen LogP contribution in [0.2, 0.25) is 0 Å². The molecule has 0 spiro atoms. The molecule has 0 amide bonds. The molecular weight excluding hydrogens is 353 g/mol. The molecule has 126 valence electrons. The van der Waals surface area contributed by atoms with E-state index in [0.717, 1.165) is 17.5 Å². The lowest BCUT2D eigenvalue weighted by molar-refractivity contribution is -0.137. The number of halogens is 3. The molecule has 0 aliphatic rings. The number of rotatable bonds is 2. The minimum atomic E-state index is -4.40. The Labute approximate surface area is 142 Å². The Morgan fingerprint density at radius 1 is 1.08 bits per heavy atom. The third-order valence-electron chi connectivity index (χ3n) is 3.99. The number of fused-ring (bicyclic) bond motifs is 3. The normalized spacial score (nSPS) is 12.1. The standard InChI is InChI=1S/C17H9F3N2O2S/c18-17(19,20)10-2-4-11(5-3-10)22-14-6-1-9(16(23)24)7-12(14)13-8-25-21-15(13)22/h1-8H,(H,23,24). The topological polar surface area (TPSA) is 55.1 Å². The number of alkyl halides is 3. The number of nitrogens with zero attached hydrogens (tertiary/aromatic N) is 2. The first-order valence-electron chi connectivity index (χ1n) is 7.16. The van der Waals surface area contributed by atoms with Gasteiger partial charge in [-0.3, -0.25) is 4.57 Å². The molecule has 0 saturated carbocycles. The number of carboxylic acids is 1. The third kappa shape index (κ3) is 2.45. The molecule has 0 unspecified atom stereocenters. The molecule has 4 rings (SSSR count). The molecule has 0 radical (unpaired) electrons. The van der Waals surface area contributed by atoms with Crippen molar-refractivity contribution in [2.75, 3.05) is 0 Å². The number of aromatic nitrogens is 2. The van der Waals surface area contributed by atoms with Gasteiger partial charge < -0.3 is 5.11 Å². The monoisotopic (exact) mass is 362 g/mol. The minimum Gasteiger partial charge on any atom is -0.478 e. The van der Waals surface area contributed by atoms with E-state index in [1.807, 2.05) is 0 Å². The van der Waals surface area contributed by atoms with Crippen molar-refractivity contribution in [1.29, 1.82) is 0 Å². The van der Waals surface area contributed by atoms with E-state index < -0.39 is 17.7 Å². The van der Waals surface area contributed by atoms with Crippen LogP contribution in [0.5, 0.6) is 0 Å². The molecule has 4 nitrogen and oxygen atoms in total. The van der Waals surface area contributed by atoms with Crippen molar-refractivity contribution in [3.63, 3.8) is 0 Å². The van der Waals surface area contributed by atoms with E-state index in [1.165, 1.54) is 29.7 Å². The van der Waals surface area contributed by atoms with Crippen LogP contribution in [0.4, 0.5) is 13.2 Å². The lowest BCUT2D eigenvalue weighted by Crippen LogP contribution is -2.05. The van der Waals surface area contributed by atoms with Crippen LogP contribution in [-0.2, 0) is 6.18 Å². The summed E-state index contributed by atoms with van der Waals surface area (Å²) in [6.45, 7) is 0. The van der Waals surface area contributed by atoms with Crippen LogP contribution in [0.1, 0.15) is 15.9 Å². The van der Waals surface area contributed by atoms with E-state index in [4.69, 9.17) is 0 Å². The zero-order chi connectivity index (χ0) is 17.8. The van der Waals surface area contributed by atoms with Gasteiger partial charge in [0, 0.05) is 21.8 Å². The molecule has 1 N–H and O–H groups in total. The molecule has 2 heterocycles. The molecule has 0 fully saturated rings. The molecule has 2 aromatic heterocycles. The summed E-state index contributed by atoms with van der Waals surface area (Å²) < 4.78 is 44.3. The lowest BCUT2D eigenvalue weighted by Gasteiger charge is -2.10. The van der Waals surface area contributed by atoms with E-state index >= 15 is 0 Å². The zero-order valence-electron chi connectivity index (χ0n) is 12.4. The van der Waals surface area contributed by atoms with Gasteiger partial charge in [-0.1, -0.05) is 0 Å².